The molecular formula is C23H14Br2FNO3. The third-order valence-electron chi connectivity index (χ3n) is 4.87. The van der Waals surface area contributed by atoms with Gasteiger partial charge in [0.15, 0.2) is 0 Å². The number of amides is 1. The van der Waals surface area contributed by atoms with Crippen LogP contribution in [0.15, 0.2) is 87.3 Å². The molecule has 1 heterocycles. The van der Waals surface area contributed by atoms with E-state index < -0.39 is 23.5 Å². The van der Waals surface area contributed by atoms with Crippen molar-refractivity contribution in [3.05, 3.63) is 104 Å². The van der Waals surface area contributed by atoms with Crippen molar-refractivity contribution in [2.45, 2.75) is 6.04 Å². The van der Waals surface area contributed by atoms with Crippen LogP contribution in [-0.4, -0.2) is 16.8 Å². The first-order chi connectivity index (χ1) is 14.4. The molecule has 1 aliphatic heterocycles. The van der Waals surface area contributed by atoms with Crippen LogP contribution in [0.3, 0.4) is 0 Å². The van der Waals surface area contributed by atoms with Crippen LogP contribution in [0.1, 0.15) is 17.2 Å². The molecule has 0 bridgehead atoms. The number of benzene rings is 3. The summed E-state index contributed by atoms with van der Waals surface area (Å²) in [6.07, 6.45) is 0. The molecule has 1 atom stereocenters. The molecule has 3 aromatic carbocycles. The van der Waals surface area contributed by atoms with Gasteiger partial charge in [0.1, 0.15) is 11.6 Å². The molecule has 0 aliphatic carbocycles. The quantitative estimate of drug-likeness (QED) is 0.257. The summed E-state index contributed by atoms with van der Waals surface area (Å²) in [6.45, 7) is 0. The molecule has 0 radical (unpaired) electrons. The molecule has 7 heteroatoms. The van der Waals surface area contributed by atoms with Crippen molar-refractivity contribution >= 4 is 55.0 Å². The lowest BCUT2D eigenvalue weighted by molar-refractivity contribution is -0.132. The number of nitrogens with zero attached hydrogens (tertiary/aromatic N) is 1. The normalized spacial score (nSPS) is 18.1. The summed E-state index contributed by atoms with van der Waals surface area (Å²) in [5, 5.41) is 11.0. The van der Waals surface area contributed by atoms with E-state index in [0.717, 1.165) is 8.95 Å². The number of hydrogen-bond acceptors (Lipinski definition) is 3. The first-order valence-corrected chi connectivity index (χ1v) is 10.5. The highest BCUT2D eigenvalue weighted by molar-refractivity contribution is 9.10. The first-order valence-electron chi connectivity index (χ1n) is 8.95. The molecule has 4 rings (SSSR count). The van der Waals surface area contributed by atoms with E-state index >= 15 is 0 Å². The molecule has 0 saturated carbocycles. The maximum Gasteiger partial charge on any atom is 0.300 e. The highest BCUT2D eigenvalue weighted by atomic mass is 79.9. The van der Waals surface area contributed by atoms with Crippen molar-refractivity contribution in [2.24, 2.45) is 0 Å². The highest BCUT2D eigenvalue weighted by Crippen LogP contribution is 2.43. The number of carbonyl (C=O) groups is 2. The molecule has 1 fully saturated rings. The van der Waals surface area contributed by atoms with Crippen molar-refractivity contribution in [3.63, 3.8) is 0 Å². The summed E-state index contributed by atoms with van der Waals surface area (Å²) in [5.74, 6) is -2.63. The Hall–Kier alpha value is -2.77. The minimum atomic E-state index is -1.10. The minimum absolute atomic E-state index is 0.123. The number of halogens is 3. The van der Waals surface area contributed by atoms with Crippen molar-refractivity contribution in [3.8, 4) is 0 Å². The van der Waals surface area contributed by atoms with Gasteiger partial charge in [0.25, 0.3) is 11.7 Å². The van der Waals surface area contributed by atoms with Crippen LogP contribution < -0.4 is 4.90 Å². The van der Waals surface area contributed by atoms with Crippen molar-refractivity contribution < 1.29 is 19.1 Å². The average Bonchev–Trinajstić information content (AvgIpc) is 3.00. The Bertz CT molecular complexity index is 1170. The molecule has 0 aromatic heterocycles. The van der Waals surface area contributed by atoms with Gasteiger partial charge in [0.05, 0.1) is 11.6 Å². The Balaban J connectivity index is 1.96. The van der Waals surface area contributed by atoms with Gasteiger partial charge in [0, 0.05) is 25.8 Å². The number of rotatable bonds is 3. The first kappa shape index (κ1) is 20.5. The van der Waals surface area contributed by atoms with Gasteiger partial charge < -0.3 is 5.11 Å². The Morgan fingerprint density at radius 3 is 2.03 bits per heavy atom. The molecule has 4 nitrogen and oxygen atoms in total. The summed E-state index contributed by atoms with van der Waals surface area (Å²) in [5.41, 5.74) is 0.741. The topological polar surface area (TPSA) is 57.6 Å². The molecule has 1 aliphatic rings. The molecule has 1 N–H and O–H groups in total. The van der Waals surface area contributed by atoms with Crippen LogP contribution in [-0.2, 0) is 9.59 Å². The lowest BCUT2D eigenvalue weighted by Gasteiger charge is -2.25. The van der Waals surface area contributed by atoms with Crippen LogP contribution in [0.25, 0.3) is 5.76 Å². The average molecular weight is 531 g/mol. The van der Waals surface area contributed by atoms with Gasteiger partial charge in [-0.05, 0) is 42.5 Å². The lowest BCUT2D eigenvalue weighted by atomic mass is 9.94. The molecule has 3 aromatic rings. The molecular weight excluding hydrogens is 517 g/mol. The van der Waals surface area contributed by atoms with E-state index in [4.69, 9.17) is 0 Å². The van der Waals surface area contributed by atoms with Crippen LogP contribution in [0.4, 0.5) is 10.1 Å². The van der Waals surface area contributed by atoms with E-state index in [1.165, 1.54) is 23.1 Å². The smallest absolute Gasteiger partial charge is 0.300 e. The van der Waals surface area contributed by atoms with Crippen molar-refractivity contribution in [1.29, 1.82) is 0 Å². The van der Waals surface area contributed by atoms with Crippen LogP contribution in [0, 0.1) is 5.82 Å². The Morgan fingerprint density at radius 2 is 1.43 bits per heavy atom. The van der Waals surface area contributed by atoms with Gasteiger partial charge in [-0.2, -0.15) is 0 Å². The Kier molecular flexibility index (Phi) is 5.58. The minimum Gasteiger partial charge on any atom is -0.507 e. The van der Waals surface area contributed by atoms with E-state index in [2.05, 4.69) is 31.9 Å². The fourth-order valence-electron chi connectivity index (χ4n) is 3.45. The lowest BCUT2D eigenvalue weighted by Crippen LogP contribution is -2.29. The van der Waals surface area contributed by atoms with E-state index in [1.807, 2.05) is 0 Å². The summed E-state index contributed by atoms with van der Waals surface area (Å²) < 4.78 is 16.4. The van der Waals surface area contributed by atoms with Crippen LogP contribution in [0.2, 0.25) is 0 Å². The number of Topliss-reactive ketones (excluding diaryl/α,β-unsaturated/α-hetero) is 1. The second-order valence-corrected chi connectivity index (χ2v) is 8.51. The molecule has 1 amide bonds. The maximum atomic E-state index is 14.8. The van der Waals surface area contributed by atoms with E-state index in [0.29, 0.717) is 11.3 Å². The van der Waals surface area contributed by atoms with Crippen molar-refractivity contribution in [2.75, 3.05) is 4.90 Å². The molecule has 1 saturated heterocycles. The summed E-state index contributed by atoms with van der Waals surface area (Å²) in [4.78, 5) is 27.2. The fourth-order valence-corrected chi connectivity index (χ4v) is 3.98. The van der Waals surface area contributed by atoms with Gasteiger partial charge in [0.2, 0.25) is 0 Å². The van der Waals surface area contributed by atoms with E-state index in [1.54, 1.807) is 54.6 Å². The summed E-state index contributed by atoms with van der Waals surface area (Å²) in [6, 6.07) is 18.2. The monoisotopic (exact) mass is 529 g/mol. The molecule has 0 unspecified atom stereocenters. The molecule has 0 spiro atoms. The number of hydrogen-bond donors (Lipinski definition) is 1. The maximum absolute atomic E-state index is 14.8. The van der Waals surface area contributed by atoms with Gasteiger partial charge in [-0.3, -0.25) is 14.5 Å². The SMILES string of the molecule is O=C1C(=O)N(c2ccc(Br)cc2)[C@H](c2ccccc2F)C1=C(O)c1ccc(Br)cc1. The van der Waals surface area contributed by atoms with Gasteiger partial charge in [-0.15, -0.1) is 0 Å². The number of anilines is 1. The zero-order valence-electron chi connectivity index (χ0n) is 15.4. The van der Waals surface area contributed by atoms with Crippen molar-refractivity contribution in [1.82, 2.24) is 0 Å². The third-order valence-corrected chi connectivity index (χ3v) is 5.92. The zero-order chi connectivity index (χ0) is 21.4. The molecule has 30 heavy (non-hydrogen) atoms. The number of aliphatic hydroxyl groups is 1. The number of aliphatic hydroxyl groups excluding tert-OH is 1. The predicted octanol–water partition coefficient (Wildman–Crippen LogP) is 5.98. The predicted molar refractivity (Wildman–Crippen MR) is 119 cm³/mol. The largest absolute Gasteiger partial charge is 0.507 e. The number of ketones is 1. The second-order valence-electron chi connectivity index (χ2n) is 6.67. The third kappa shape index (κ3) is 3.59. The Labute approximate surface area is 188 Å². The summed E-state index contributed by atoms with van der Waals surface area (Å²) in [7, 11) is 0. The van der Waals surface area contributed by atoms with E-state index in [9.17, 15) is 19.1 Å². The Morgan fingerprint density at radius 1 is 0.867 bits per heavy atom. The molecule has 150 valence electrons. The zero-order valence-corrected chi connectivity index (χ0v) is 18.5. The standard InChI is InChI=1S/C23H14Br2FNO3/c24-14-7-5-13(6-8-14)21(28)19-20(17-3-1-2-4-18(17)26)27(23(30)22(19)29)16-11-9-15(25)10-12-16/h1-12,20,28H/t20-/m1/s1. The second kappa shape index (κ2) is 8.16. The van der Waals surface area contributed by atoms with Gasteiger partial charge in [-0.25, -0.2) is 4.39 Å². The van der Waals surface area contributed by atoms with Crippen LogP contribution in [0.5, 0.6) is 0 Å². The van der Waals surface area contributed by atoms with Gasteiger partial charge >= 0.3 is 0 Å². The summed E-state index contributed by atoms with van der Waals surface area (Å²) >= 11 is 6.66. The number of carbonyl (C=O) groups excluding carboxylic acids is 2. The van der Waals surface area contributed by atoms with Gasteiger partial charge in [-0.1, -0.05) is 62.2 Å². The van der Waals surface area contributed by atoms with Crippen LogP contribution >= 0.6 is 31.9 Å². The van der Waals surface area contributed by atoms with E-state index in [-0.39, 0.29) is 16.9 Å². The fraction of sp³-hybridized carbons (Fsp3) is 0.0435. The highest BCUT2D eigenvalue weighted by Gasteiger charge is 2.47.